The van der Waals surface area contributed by atoms with Crippen molar-refractivity contribution in [2.75, 3.05) is 13.1 Å². The molecule has 108 valence electrons. The molecule has 0 atom stereocenters. The molecule has 1 aromatic rings. The van der Waals surface area contributed by atoms with E-state index < -0.39 is 5.97 Å². The fraction of sp³-hybridized carbons (Fsp3) is 0.467. The van der Waals surface area contributed by atoms with Crippen LogP contribution >= 0.6 is 11.3 Å². The first-order valence-corrected chi connectivity index (χ1v) is 7.54. The Hall–Kier alpha value is -1.62. The zero-order valence-corrected chi connectivity index (χ0v) is 12.6. The number of amides is 1. The van der Waals surface area contributed by atoms with E-state index in [1.54, 1.807) is 11.4 Å². The second-order valence-corrected chi connectivity index (χ2v) is 6.85. The third-order valence-corrected chi connectivity index (χ3v) is 4.34. The van der Waals surface area contributed by atoms with Crippen LogP contribution in [0.4, 0.5) is 0 Å². The lowest BCUT2D eigenvalue weighted by molar-refractivity contribution is -0.131. The molecule has 0 aliphatic carbocycles. The van der Waals surface area contributed by atoms with Crippen molar-refractivity contribution in [3.63, 3.8) is 0 Å². The van der Waals surface area contributed by atoms with Gasteiger partial charge in [-0.05, 0) is 30.4 Å². The summed E-state index contributed by atoms with van der Waals surface area (Å²) >= 11 is 1.39. The molecule has 1 fully saturated rings. The minimum atomic E-state index is -0.982. The number of nitrogens with zero attached hydrogens (tertiary/aromatic N) is 1. The highest BCUT2D eigenvalue weighted by molar-refractivity contribution is 7.11. The number of carbonyl (C=O) groups excluding carboxylic acids is 1. The Kier molecular flexibility index (Phi) is 4.28. The molecule has 5 heteroatoms. The molecule has 0 saturated carbocycles. The molecule has 0 radical (unpaired) electrons. The zero-order valence-electron chi connectivity index (χ0n) is 11.8. The minimum absolute atomic E-state index is 0.0454. The van der Waals surface area contributed by atoms with Crippen LogP contribution < -0.4 is 0 Å². The van der Waals surface area contributed by atoms with Crippen molar-refractivity contribution in [2.45, 2.75) is 26.7 Å². The number of hydrogen-bond donors (Lipinski definition) is 1. The lowest BCUT2D eigenvalue weighted by atomic mass is 9.84. The van der Waals surface area contributed by atoms with Gasteiger partial charge in [0.1, 0.15) is 0 Å². The van der Waals surface area contributed by atoms with Gasteiger partial charge in [-0.15, -0.1) is 11.3 Å². The number of thiophene rings is 1. The highest BCUT2D eigenvalue weighted by Crippen LogP contribution is 2.29. The Morgan fingerprint density at radius 3 is 2.85 bits per heavy atom. The molecule has 0 spiro atoms. The number of piperidine rings is 1. The number of carboxylic acids is 1. The summed E-state index contributed by atoms with van der Waals surface area (Å²) in [6.45, 7) is 5.95. The smallest absolute Gasteiger partial charge is 0.328 e. The quantitative estimate of drug-likeness (QED) is 0.871. The van der Waals surface area contributed by atoms with E-state index >= 15 is 0 Å². The van der Waals surface area contributed by atoms with E-state index in [4.69, 9.17) is 5.11 Å². The van der Waals surface area contributed by atoms with Gasteiger partial charge in [0, 0.05) is 29.4 Å². The van der Waals surface area contributed by atoms with Gasteiger partial charge in [0.25, 0.3) is 5.91 Å². The van der Waals surface area contributed by atoms with Gasteiger partial charge in [0.2, 0.25) is 0 Å². The molecule has 2 heterocycles. The van der Waals surface area contributed by atoms with Crippen molar-refractivity contribution >= 4 is 29.3 Å². The lowest BCUT2D eigenvalue weighted by Gasteiger charge is -2.37. The summed E-state index contributed by atoms with van der Waals surface area (Å²) in [5.74, 6) is -0.937. The molecule has 1 saturated heterocycles. The summed E-state index contributed by atoms with van der Waals surface area (Å²) in [5, 5.41) is 10.4. The molecular formula is C15H19NO3S. The number of hydrogen-bond acceptors (Lipinski definition) is 3. The van der Waals surface area contributed by atoms with Gasteiger partial charge in [-0.3, -0.25) is 4.79 Å². The van der Waals surface area contributed by atoms with Crippen molar-refractivity contribution < 1.29 is 14.7 Å². The molecule has 2 rings (SSSR count). The van der Waals surface area contributed by atoms with E-state index in [2.05, 4.69) is 13.8 Å². The average molecular weight is 293 g/mol. The topological polar surface area (TPSA) is 57.6 Å². The van der Waals surface area contributed by atoms with E-state index in [1.807, 2.05) is 4.90 Å². The SMILES string of the molecule is CC1(C)CCCN(C(=O)c2csc(C=CC(=O)O)c2)C1. The predicted molar refractivity (Wildman–Crippen MR) is 79.9 cm³/mol. The molecule has 1 aromatic heterocycles. The van der Waals surface area contributed by atoms with Crippen LogP contribution in [-0.2, 0) is 4.79 Å². The van der Waals surface area contributed by atoms with Crippen molar-refractivity contribution in [3.05, 3.63) is 28.0 Å². The molecule has 1 amide bonds. The first-order valence-electron chi connectivity index (χ1n) is 6.66. The number of carboxylic acid groups (broad SMARTS) is 1. The van der Waals surface area contributed by atoms with E-state index in [0.717, 1.165) is 36.9 Å². The second kappa shape index (κ2) is 5.79. The Bertz CT molecular complexity index is 545. The maximum absolute atomic E-state index is 12.4. The van der Waals surface area contributed by atoms with Gasteiger partial charge in [0.05, 0.1) is 5.56 Å². The number of rotatable bonds is 3. The van der Waals surface area contributed by atoms with Crippen molar-refractivity contribution in [1.29, 1.82) is 0 Å². The van der Waals surface area contributed by atoms with Crippen molar-refractivity contribution in [1.82, 2.24) is 4.90 Å². The molecule has 0 bridgehead atoms. The standard InChI is InChI=1S/C15H19NO3S/c1-15(2)6-3-7-16(10-15)14(19)11-8-12(20-9-11)4-5-13(17)18/h4-5,8-9H,3,6-7,10H2,1-2H3,(H,17,18). The Labute approximate surface area is 122 Å². The molecule has 4 nitrogen and oxygen atoms in total. The van der Waals surface area contributed by atoms with Crippen LogP contribution in [0.3, 0.4) is 0 Å². The molecule has 1 aliphatic heterocycles. The zero-order chi connectivity index (χ0) is 14.8. The summed E-state index contributed by atoms with van der Waals surface area (Å²) < 4.78 is 0. The number of carbonyl (C=O) groups is 2. The van der Waals surface area contributed by atoms with Gasteiger partial charge in [-0.2, -0.15) is 0 Å². The molecule has 20 heavy (non-hydrogen) atoms. The number of likely N-dealkylation sites (tertiary alicyclic amines) is 1. The highest BCUT2D eigenvalue weighted by Gasteiger charge is 2.29. The predicted octanol–water partition coefficient (Wildman–Crippen LogP) is 3.11. The van der Waals surface area contributed by atoms with Crippen molar-refractivity contribution in [3.8, 4) is 0 Å². The van der Waals surface area contributed by atoms with Gasteiger partial charge in [-0.1, -0.05) is 13.8 Å². The average Bonchev–Trinajstić information content (AvgIpc) is 2.83. The van der Waals surface area contributed by atoms with Crippen LogP contribution in [0, 0.1) is 5.41 Å². The summed E-state index contributed by atoms with van der Waals surface area (Å²) in [4.78, 5) is 25.6. The van der Waals surface area contributed by atoms with Crippen molar-refractivity contribution in [2.24, 2.45) is 5.41 Å². The van der Waals surface area contributed by atoms with Crippen LogP contribution in [0.15, 0.2) is 17.5 Å². The second-order valence-electron chi connectivity index (χ2n) is 5.90. The summed E-state index contributed by atoms with van der Waals surface area (Å²) in [7, 11) is 0. The third-order valence-electron chi connectivity index (χ3n) is 3.44. The van der Waals surface area contributed by atoms with Crippen LogP contribution in [0.25, 0.3) is 6.08 Å². The van der Waals surface area contributed by atoms with Crippen LogP contribution in [0.1, 0.15) is 41.9 Å². The normalized spacial score (nSPS) is 18.4. The minimum Gasteiger partial charge on any atom is -0.478 e. The molecule has 0 unspecified atom stereocenters. The molecule has 1 N–H and O–H groups in total. The Morgan fingerprint density at radius 2 is 2.20 bits per heavy atom. The molecule has 1 aliphatic rings. The van der Waals surface area contributed by atoms with Crippen LogP contribution in [-0.4, -0.2) is 35.0 Å². The van der Waals surface area contributed by atoms with E-state index in [9.17, 15) is 9.59 Å². The maximum Gasteiger partial charge on any atom is 0.328 e. The highest BCUT2D eigenvalue weighted by atomic mass is 32.1. The third kappa shape index (κ3) is 3.70. The van der Waals surface area contributed by atoms with Gasteiger partial charge in [-0.25, -0.2) is 4.79 Å². The monoisotopic (exact) mass is 293 g/mol. The van der Waals surface area contributed by atoms with Crippen LogP contribution in [0.2, 0.25) is 0 Å². The summed E-state index contributed by atoms with van der Waals surface area (Å²) in [5.41, 5.74) is 0.827. The summed E-state index contributed by atoms with van der Waals surface area (Å²) in [6, 6.07) is 1.76. The van der Waals surface area contributed by atoms with E-state index in [-0.39, 0.29) is 11.3 Å². The largest absolute Gasteiger partial charge is 0.478 e. The van der Waals surface area contributed by atoms with E-state index in [0.29, 0.717) is 5.56 Å². The molecule has 0 aromatic carbocycles. The van der Waals surface area contributed by atoms with Gasteiger partial charge >= 0.3 is 5.97 Å². The summed E-state index contributed by atoms with van der Waals surface area (Å²) in [6.07, 6.45) is 4.79. The Balaban J connectivity index is 2.08. The van der Waals surface area contributed by atoms with Gasteiger partial charge < -0.3 is 10.0 Å². The van der Waals surface area contributed by atoms with Gasteiger partial charge in [0.15, 0.2) is 0 Å². The Morgan fingerprint density at radius 1 is 1.45 bits per heavy atom. The lowest BCUT2D eigenvalue weighted by Crippen LogP contribution is -2.43. The fourth-order valence-corrected chi connectivity index (χ4v) is 3.26. The van der Waals surface area contributed by atoms with E-state index in [1.165, 1.54) is 17.4 Å². The fourth-order valence-electron chi connectivity index (χ4n) is 2.48. The first-order chi connectivity index (χ1) is 9.37. The van der Waals surface area contributed by atoms with Crippen LogP contribution in [0.5, 0.6) is 0 Å². The first kappa shape index (κ1) is 14.8. The molecular weight excluding hydrogens is 274 g/mol. The number of aliphatic carboxylic acids is 1. The maximum atomic E-state index is 12.4.